The quantitative estimate of drug-likeness (QED) is 0.807. The van der Waals surface area contributed by atoms with Crippen LogP contribution in [0.15, 0.2) is 18.2 Å². The molecule has 7 heteroatoms. The summed E-state index contributed by atoms with van der Waals surface area (Å²) < 4.78 is 51.6. The SMILES string of the molecule is O=C(c1cccc(C(F)(F)F)c1F)N1CCCC(O)C1. The van der Waals surface area contributed by atoms with Crippen molar-refractivity contribution in [3.8, 4) is 0 Å². The van der Waals surface area contributed by atoms with Crippen molar-refractivity contribution in [2.24, 2.45) is 0 Å². The highest BCUT2D eigenvalue weighted by atomic mass is 19.4. The van der Waals surface area contributed by atoms with E-state index in [1.54, 1.807) is 0 Å². The molecule has 0 spiro atoms. The third kappa shape index (κ3) is 2.92. The Labute approximate surface area is 112 Å². The summed E-state index contributed by atoms with van der Waals surface area (Å²) in [6.07, 6.45) is -4.51. The molecule has 1 heterocycles. The maximum absolute atomic E-state index is 13.8. The summed E-state index contributed by atoms with van der Waals surface area (Å²) >= 11 is 0. The van der Waals surface area contributed by atoms with Gasteiger partial charge in [-0.05, 0) is 25.0 Å². The van der Waals surface area contributed by atoms with E-state index in [4.69, 9.17) is 0 Å². The molecule has 3 nitrogen and oxygen atoms in total. The molecule has 1 amide bonds. The van der Waals surface area contributed by atoms with E-state index >= 15 is 0 Å². The number of alkyl halides is 3. The molecule has 1 atom stereocenters. The average Bonchev–Trinajstić information content (AvgIpc) is 2.37. The van der Waals surface area contributed by atoms with Gasteiger partial charge in [0.2, 0.25) is 0 Å². The Balaban J connectivity index is 2.31. The fourth-order valence-corrected chi connectivity index (χ4v) is 2.23. The maximum atomic E-state index is 13.8. The van der Waals surface area contributed by atoms with Gasteiger partial charge >= 0.3 is 6.18 Å². The summed E-state index contributed by atoms with van der Waals surface area (Å²) in [6, 6.07) is 2.62. The van der Waals surface area contributed by atoms with Crippen molar-refractivity contribution in [2.75, 3.05) is 13.1 Å². The smallest absolute Gasteiger partial charge is 0.391 e. The first-order valence-electron chi connectivity index (χ1n) is 6.13. The van der Waals surface area contributed by atoms with Gasteiger partial charge in [-0.15, -0.1) is 0 Å². The van der Waals surface area contributed by atoms with Crippen LogP contribution in [0.25, 0.3) is 0 Å². The number of hydrogen-bond acceptors (Lipinski definition) is 2. The first kappa shape index (κ1) is 14.8. The predicted molar refractivity (Wildman–Crippen MR) is 62.5 cm³/mol. The zero-order chi connectivity index (χ0) is 14.9. The molecule has 1 fully saturated rings. The van der Waals surface area contributed by atoms with E-state index in [1.165, 1.54) is 4.90 Å². The zero-order valence-electron chi connectivity index (χ0n) is 10.5. The van der Waals surface area contributed by atoms with E-state index in [0.29, 0.717) is 25.5 Å². The molecule has 0 saturated carbocycles. The van der Waals surface area contributed by atoms with Crippen LogP contribution in [0.2, 0.25) is 0 Å². The molecule has 1 aliphatic heterocycles. The lowest BCUT2D eigenvalue weighted by Crippen LogP contribution is -2.42. The maximum Gasteiger partial charge on any atom is 0.419 e. The number of hydrogen-bond donors (Lipinski definition) is 1. The molecule has 1 aliphatic rings. The van der Waals surface area contributed by atoms with Crippen molar-refractivity contribution in [3.05, 3.63) is 35.1 Å². The number of aliphatic hydroxyl groups is 1. The molecule has 20 heavy (non-hydrogen) atoms. The van der Waals surface area contributed by atoms with Gasteiger partial charge < -0.3 is 10.0 Å². The number of aliphatic hydroxyl groups excluding tert-OH is 1. The number of piperidine rings is 1. The second kappa shape index (κ2) is 5.40. The minimum Gasteiger partial charge on any atom is -0.391 e. The van der Waals surface area contributed by atoms with E-state index < -0.39 is 35.1 Å². The van der Waals surface area contributed by atoms with Crippen LogP contribution in [-0.2, 0) is 6.18 Å². The van der Waals surface area contributed by atoms with Crippen molar-refractivity contribution in [3.63, 3.8) is 0 Å². The Morgan fingerprint density at radius 1 is 1.35 bits per heavy atom. The molecule has 1 N–H and O–H groups in total. The summed E-state index contributed by atoms with van der Waals surface area (Å²) in [7, 11) is 0. The van der Waals surface area contributed by atoms with Crippen molar-refractivity contribution in [2.45, 2.75) is 25.1 Å². The summed E-state index contributed by atoms with van der Waals surface area (Å²) in [4.78, 5) is 13.2. The third-order valence-corrected chi connectivity index (χ3v) is 3.22. The van der Waals surface area contributed by atoms with Gasteiger partial charge in [0, 0.05) is 13.1 Å². The van der Waals surface area contributed by atoms with Crippen LogP contribution in [-0.4, -0.2) is 35.1 Å². The number of benzene rings is 1. The van der Waals surface area contributed by atoms with Gasteiger partial charge in [-0.2, -0.15) is 13.2 Å². The lowest BCUT2D eigenvalue weighted by Gasteiger charge is -2.30. The van der Waals surface area contributed by atoms with E-state index in [1.807, 2.05) is 0 Å². The van der Waals surface area contributed by atoms with Crippen LogP contribution in [0.3, 0.4) is 0 Å². The molecule has 0 radical (unpaired) electrons. The molecule has 2 rings (SSSR count). The molecule has 1 aromatic rings. The minimum absolute atomic E-state index is 0.00845. The number of likely N-dealkylation sites (tertiary alicyclic amines) is 1. The first-order valence-corrected chi connectivity index (χ1v) is 6.13. The minimum atomic E-state index is -4.85. The van der Waals surface area contributed by atoms with E-state index in [2.05, 4.69) is 0 Å². The van der Waals surface area contributed by atoms with Crippen molar-refractivity contribution >= 4 is 5.91 Å². The van der Waals surface area contributed by atoms with Gasteiger partial charge in [-0.1, -0.05) is 6.07 Å². The molecular formula is C13H13F4NO2. The topological polar surface area (TPSA) is 40.5 Å². The molecule has 110 valence electrons. The standard InChI is InChI=1S/C13H13F4NO2/c14-11-9(4-1-5-10(11)13(15,16)17)12(20)18-6-2-3-8(19)7-18/h1,4-5,8,19H,2-3,6-7H2. The van der Waals surface area contributed by atoms with Crippen LogP contribution >= 0.6 is 0 Å². The van der Waals surface area contributed by atoms with Gasteiger partial charge in [0.1, 0.15) is 5.82 Å². The number of rotatable bonds is 1. The van der Waals surface area contributed by atoms with E-state index in [9.17, 15) is 27.5 Å². The average molecular weight is 291 g/mol. The predicted octanol–water partition coefficient (Wildman–Crippen LogP) is 2.44. The van der Waals surface area contributed by atoms with Crippen LogP contribution < -0.4 is 0 Å². The number of halogens is 4. The summed E-state index contributed by atoms with van der Waals surface area (Å²) in [6.45, 7) is 0.306. The highest BCUT2D eigenvalue weighted by Crippen LogP contribution is 2.32. The number of β-amino-alcohol motifs (C(OH)–C–C–N with tert-alkyl or cyclic N) is 1. The molecular weight excluding hydrogens is 278 g/mol. The Morgan fingerprint density at radius 2 is 2.05 bits per heavy atom. The fourth-order valence-electron chi connectivity index (χ4n) is 2.23. The fraction of sp³-hybridized carbons (Fsp3) is 0.462. The lowest BCUT2D eigenvalue weighted by atomic mass is 10.0. The number of nitrogens with zero attached hydrogens (tertiary/aromatic N) is 1. The Morgan fingerprint density at radius 3 is 2.65 bits per heavy atom. The highest BCUT2D eigenvalue weighted by Gasteiger charge is 2.36. The second-order valence-electron chi connectivity index (χ2n) is 4.71. The Kier molecular flexibility index (Phi) is 3.99. The van der Waals surface area contributed by atoms with Crippen molar-refractivity contribution in [1.29, 1.82) is 0 Å². The monoisotopic (exact) mass is 291 g/mol. The van der Waals surface area contributed by atoms with Gasteiger partial charge in [0.25, 0.3) is 5.91 Å². The Bertz CT molecular complexity index is 516. The van der Waals surface area contributed by atoms with Gasteiger partial charge in [-0.25, -0.2) is 4.39 Å². The molecule has 1 aromatic carbocycles. The normalized spacial score (nSPS) is 20.1. The highest BCUT2D eigenvalue weighted by molar-refractivity contribution is 5.94. The van der Waals surface area contributed by atoms with Gasteiger partial charge in [0.15, 0.2) is 0 Å². The van der Waals surface area contributed by atoms with Crippen LogP contribution in [0, 0.1) is 5.82 Å². The number of amides is 1. The molecule has 1 saturated heterocycles. The third-order valence-electron chi connectivity index (χ3n) is 3.22. The Hall–Kier alpha value is -1.63. The van der Waals surface area contributed by atoms with Gasteiger partial charge in [-0.3, -0.25) is 4.79 Å². The molecule has 0 aromatic heterocycles. The number of carbonyl (C=O) groups is 1. The van der Waals surface area contributed by atoms with E-state index in [0.717, 1.165) is 12.1 Å². The zero-order valence-corrected chi connectivity index (χ0v) is 10.5. The first-order chi connectivity index (χ1) is 9.30. The largest absolute Gasteiger partial charge is 0.419 e. The molecule has 1 unspecified atom stereocenters. The second-order valence-corrected chi connectivity index (χ2v) is 4.71. The van der Waals surface area contributed by atoms with E-state index in [-0.39, 0.29) is 6.54 Å². The summed E-state index contributed by atoms with van der Waals surface area (Å²) in [5.74, 6) is -2.39. The molecule has 0 aliphatic carbocycles. The van der Waals surface area contributed by atoms with Crippen LogP contribution in [0.1, 0.15) is 28.8 Å². The van der Waals surface area contributed by atoms with Crippen molar-refractivity contribution < 1.29 is 27.5 Å². The van der Waals surface area contributed by atoms with Crippen molar-refractivity contribution in [1.82, 2.24) is 4.90 Å². The number of carbonyl (C=O) groups excluding carboxylic acids is 1. The molecule has 0 bridgehead atoms. The lowest BCUT2D eigenvalue weighted by molar-refractivity contribution is -0.140. The van der Waals surface area contributed by atoms with Gasteiger partial charge in [0.05, 0.1) is 17.2 Å². The van der Waals surface area contributed by atoms with Crippen LogP contribution in [0.4, 0.5) is 17.6 Å². The summed E-state index contributed by atoms with van der Waals surface area (Å²) in [5.41, 5.74) is -2.07. The summed E-state index contributed by atoms with van der Waals surface area (Å²) in [5, 5.41) is 9.46. The van der Waals surface area contributed by atoms with Crippen LogP contribution in [0.5, 0.6) is 0 Å².